The van der Waals surface area contributed by atoms with Crippen molar-refractivity contribution in [3.8, 4) is 11.5 Å². The molecule has 0 bridgehead atoms. The fraction of sp³-hybridized carbons (Fsp3) is 0.250. The van der Waals surface area contributed by atoms with Crippen molar-refractivity contribution in [2.24, 2.45) is 0 Å². The largest absolute Gasteiger partial charge is 0.493 e. The van der Waals surface area contributed by atoms with E-state index in [1.165, 1.54) is 11.8 Å². The average molecular weight is 382 g/mol. The molecule has 1 aromatic heterocycles. The molecule has 2 aromatic carbocycles. The van der Waals surface area contributed by atoms with E-state index >= 15 is 0 Å². The van der Waals surface area contributed by atoms with Crippen LogP contribution in [0.15, 0.2) is 52.1 Å². The summed E-state index contributed by atoms with van der Waals surface area (Å²) in [6.45, 7) is 0. The van der Waals surface area contributed by atoms with Gasteiger partial charge in [-0.1, -0.05) is 42.1 Å². The highest BCUT2D eigenvalue weighted by molar-refractivity contribution is 8.00. The van der Waals surface area contributed by atoms with Gasteiger partial charge in [-0.25, -0.2) is 0 Å². The number of carbonyl (C=O) groups excluding carboxylic acids is 1. The first kappa shape index (κ1) is 17.6. The van der Waals surface area contributed by atoms with Gasteiger partial charge in [0.2, 0.25) is 5.89 Å². The highest BCUT2D eigenvalue weighted by Crippen LogP contribution is 2.39. The predicted octanol–water partition coefficient (Wildman–Crippen LogP) is 3.58. The molecular formula is C20H18N2O4S. The molecule has 0 spiro atoms. The van der Waals surface area contributed by atoms with Crippen molar-refractivity contribution < 1.29 is 18.7 Å². The summed E-state index contributed by atoms with van der Waals surface area (Å²) in [7, 11) is 3.14. The maximum atomic E-state index is 12.8. The molecule has 0 unspecified atom stereocenters. The summed E-state index contributed by atoms with van der Waals surface area (Å²) in [5, 5.41) is 8.30. The van der Waals surface area contributed by atoms with Crippen LogP contribution < -0.4 is 9.47 Å². The van der Waals surface area contributed by atoms with Gasteiger partial charge in [-0.3, -0.25) is 4.79 Å². The van der Waals surface area contributed by atoms with Gasteiger partial charge in [0, 0.05) is 5.56 Å². The lowest BCUT2D eigenvalue weighted by atomic mass is 10.1. The molecule has 0 radical (unpaired) electrons. The first-order valence-electron chi connectivity index (χ1n) is 8.50. The summed E-state index contributed by atoms with van der Waals surface area (Å²) < 4.78 is 16.4. The van der Waals surface area contributed by atoms with Gasteiger partial charge in [-0.15, -0.1) is 10.2 Å². The second-order valence-corrected chi connectivity index (χ2v) is 7.32. The Hall–Kier alpha value is -2.80. The van der Waals surface area contributed by atoms with E-state index in [2.05, 4.69) is 10.2 Å². The number of thioether (sulfide) groups is 1. The number of nitrogens with zero attached hydrogens (tertiary/aromatic N) is 2. The second-order valence-electron chi connectivity index (χ2n) is 6.16. The molecular weight excluding hydrogens is 364 g/mol. The molecule has 0 N–H and O–H groups in total. The van der Waals surface area contributed by atoms with Gasteiger partial charge < -0.3 is 13.9 Å². The van der Waals surface area contributed by atoms with Gasteiger partial charge >= 0.3 is 0 Å². The lowest BCUT2D eigenvalue weighted by Crippen LogP contribution is -2.11. The smallest absolute Gasteiger partial charge is 0.277 e. The minimum absolute atomic E-state index is 0.0405. The van der Waals surface area contributed by atoms with E-state index in [1.54, 1.807) is 20.3 Å². The lowest BCUT2D eigenvalue weighted by molar-refractivity contribution is 0.0999. The van der Waals surface area contributed by atoms with Crippen LogP contribution in [0.25, 0.3) is 0 Å². The predicted molar refractivity (Wildman–Crippen MR) is 101 cm³/mol. The van der Waals surface area contributed by atoms with Gasteiger partial charge in [0.05, 0.1) is 25.9 Å². The summed E-state index contributed by atoms with van der Waals surface area (Å²) in [6, 6.07) is 13.5. The number of methoxy groups -OCH3 is 2. The molecule has 0 aliphatic heterocycles. The molecule has 0 fully saturated rings. The Morgan fingerprint density at radius 1 is 1.11 bits per heavy atom. The van der Waals surface area contributed by atoms with Gasteiger partial charge in [0.15, 0.2) is 17.3 Å². The Balaban J connectivity index is 1.48. The zero-order valence-corrected chi connectivity index (χ0v) is 15.8. The summed E-state index contributed by atoms with van der Waals surface area (Å²) in [4.78, 5) is 12.8. The Kier molecular flexibility index (Phi) is 4.85. The Bertz CT molecular complexity index is 971. The van der Waals surface area contributed by atoms with Crippen LogP contribution in [0.3, 0.4) is 0 Å². The molecule has 138 valence electrons. The van der Waals surface area contributed by atoms with Crippen LogP contribution >= 0.6 is 11.8 Å². The summed E-state index contributed by atoms with van der Waals surface area (Å²) in [6.07, 6.45) is 1.16. The third-order valence-electron chi connectivity index (χ3n) is 4.46. The van der Waals surface area contributed by atoms with Crippen LogP contribution in [0.1, 0.15) is 27.4 Å². The van der Waals surface area contributed by atoms with Crippen LogP contribution in [0, 0.1) is 0 Å². The molecule has 1 atom stereocenters. The Morgan fingerprint density at radius 2 is 1.85 bits per heavy atom. The molecule has 4 rings (SSSR count). The molecule has 1 aliphatic rings. The number of benzene rings is 2. The normalized spacial score (nSPS) is 15.6. The van der Waals surface area contributed by atoms with Gasteiger partial charge in [0.1, 0.15) is 0 Å². The van der Waals surface area contributed by atoms with E-state index in [0.29, 0.717) is 41.0 Å². The van der Waals surface area contributed by atoms with Crippen molar-refractivity contribution in [2.75, 3.05) is 14.2 Å². The third-order valence-corrected chi connectivity index (χ3v) is 5.49. The van der Waals surface area contributed by atoms with Crippen molar-refractivity contribution in [2.45, 2.75) is 23.3 Å². The van der Waals surface area contributed by atoms with Crippen LogP contribution in [0.2, 0.25) is 0 Å². The topological polar surface area (TPSA) is 74.5 Å². The van der Waals surface area contributed by atoms with E-state index in [9.17, 15) is 4.79 Å². The molecule has 0 saturated carbocycles. The van der Waals surface area contributed by atoms with Gasteiger partial charge in [-0.2, -0.15) is 0 Å². The third kappa shape index (κ3) is 3.55. The minimum Gasteiger partial charge on any atom is -0.493 e. The summed E-state index contributed by atoms with van der Waals surface area (Å²) in [5.41, 5.74) is 2.70. The van der Waals surface area contributed by atoms with Crippen molar-refractivity contribution in [1.82, 2.24) is 10.2 Å². The number of hydrogen-bond donors (Lipinski definition) is 0. The van der Waals surface area contributed by atoms with E-state index < -0.39 is 0 Å². The van der Waals surface area contributed by atoms with Crippen molar-refractivity contribution >= 4 is 17.5 Å². The maximum absolute atomic E-state index is 12.8. The van der Waals surface area contributed by atoms with Crippen LogP contribution in [0.4, 0.5) is 0 Å². The maximum Gasteiger partial charge on any atom is 0.277 e. The Labute approximate surface area is 160 Å². The highest BCUT2D eigenvalue weighted by atomic mass is 32.2. The number of ether oxygens (including phenoxy) is 2. The average Bonchev–Trinajstić information content (AvgIpc) is 3.26. The van der Waals surface area contributed by atoms with Crippen LogP contribution in [-0.4, -0.2) is 35.5 Å². The fourth-order valence-corrected chi connectivity index (χ4v) is 4.10. The van der Waals surface area contributed by atoms with E-state index in [0.717, 1.165) is 11.1 Å². The molecule has 1 heterocycles. The summed E-state index contributed by atoms with van der Waals surface area (Å²) in [5.74, 6) is 1.75. The minimum atomic E-state index is -0.290. The number of carbonyl (C=O) groups is 1. The van der Waals surface area contributed by atoms with E-state index in [-0.39, 0.29) is 11.0 Å². The second kappa shape index (κ2) is 7.44. The van der Waals surface area contributed by atoms with Crippen molar-refractivity contribution in [3.05, 3.63) is 65.0 Å². The lowest BCUT2D eigenvalue weighted by Gasteiger charge is -2.09. The monoisotopic (exact) mass is 382 g/mol. The Morgan fingerprint density at radius 3 is 2.59 bits per heavy atom. The number of Topliss-reactive ketones (excluding diaryl/α,β-unsaturated/α-hetero) is 1. The highest BCUT2D eigenvalue weighted by Gasteiger charge is 2.34. The van der Waals surface area contributed by atoms with Gasteiger partial charge in [-0.05, 0) is 29.7 Å². The van der Waals surface area contributed by atoms with Gasteiger partial charge in [0.25, 0.3) is 5.22 Å². The SMILES string of the molecule is COc1cc2c(cc1OC)C(=O)[C@@H](Sc1nnc(Cc3ccccc3)o1)C2. The molecule has 0 saturated heterocycles. The molecule has 7 heteroatoms. The van der Waals surface area contributed by atoms with Crippen LogP contribution in [-0.2, 0) is 12.8 Å². The fourth-order valence-electron chi connectivity index (χ4n) is 3.13. The first-order valence-corrected chi connectivity index (χ1v) is 9.38. The molecule has 6 nitrogen and oxygen atoms in total. The number of ketones is 1. The number of fused-ring (bicyclic) bond motifs is 1. The van der Waals surface area contributed by atoms with Crippen molar-refractivity contribution in [1.29, 1.82) is 0 Å². The summed E-state index contributed by atoms with van der Waals surface area (Å²) >= 11 is 1.30. The number of rotatable bonds is 6. The first-order chi connectivity index (χ1) is 13.2. The quantitative estimate of drug-likeness (QED) is 0.645. The zero-order valence-electron chi connectivity index (χ0n) is 15.0. The number of aromatic nitrogens is 2. The zero-order chi connectivity index (χ0) is 18.8. The van der Waals surface area contributed by atoms with E-state index in [4.69, 9.17) is 13.9 Å². The standard InChI is InChI=1S/C20H18N2O4S/c1-24-15-9-13-10-17(19(23)14(13)11-16(15)25-2)27-20-22-21-18(26-20)8-12-6-4-3-5-7-12/h3-7,9,11,17H,8,10H2,1-2H3/t17-/m0/s1. The van der Waals surface area contributed by atoms with Crippen LogP contribution in [0.5, 0.6) is 11.5 Å². The molecule has 1 aliphatic carbocycles. The molecule has 3 aromatic rings. The number of hydrogen-bond acceptors (Lipinski definition) is 7. The molecule has 0 amide bonds. The molecule has 27 heavy (non-hydrogen) atoms. The van der Waals surface area contributed by atoms with Crippen molar-refractivity contribution in [3.63, 3.8) is 0 Å². The van der Waals surface area contributed by atoms with E-state index in [1.807, 2.05) is 36.4 Å².